The number of aliphatic hydroxyl groups excluding tert-OH is 2. The number of halogens is 6. The van der Waals surface area contributed by atoms with Crippen molar-refractivity contribution in [2.45, 2.75) is 218 Å². The van der Waals surface area contributed by atoms with Crippen LogP contribution in [-0.4, -0.2) is 170 Å². The van der Waals surface area contributed by atoms with E-state index in [1.54, 1.807) is 58.6 Å². The van der Waals surface area contributed by atoms with Crippen molar-refractivity contribution in [1.29, 1.82) is 0 Å². The molecule has 618 valence electrons. The van der Waals surface area contributed by atoms with Gasteiger partial charge in [-0.05, 0) is 158 Å². The molecular formula is C81H103F5IN13O12S2. The van der Waals surface area contributed by atoms with Crippen molar-refractivity contribution in [1.82, 2.24) is 57.1 Å². The molecule has 2 saturated heterocycles. The molecule has 0 spiro atoms. The van der Waals surface area contributed by atoms with Crippen molar-refractivity contribution < 1.29 is 80.2 Å². The molecule has 2 aliphatic carbocycles. The van der Waals surface area contributed by atoms with Crippen molar-refractivity contribution in [3.05, 3.63) is 139 Å². The first-order valence-corrected chi connectivity index (χ1v) is 41.3. The summed E-state index contributed by atoms with van der Waals surface area (Å²) in [7, 11) is 0. The lowest BCUT2D eigenvalue weighted by Gasteiger charge is -2.36. The summed E-state index contributed by atoms with van der Waals surface area (Å²) in [6.45, 7) is 15.5. The molecule has 4 fully saturated rings. The van der Waals surface area contributed by atoms with E-state index in [9.17, 15) is 75.3 Å². The van der Waals surface area contributed by atoms with Crippen LogP contribution >= 0.6 is 45.3 Å². The monoisotopic (exact) mass is 1740 g/mol. The number of β-amino-alcohol motifs (C(OH)–C–C–N with tert-alkyl or cyclic N) is 2. The number of rotatable bonds is 35. The van der Waals surface area contributed by atoms with Gasteiger partial charge in [-0.25, -0.2) is 37.4 Å². The number of nitrogens with one attached hydrogen (secondary N) is 8. The Bertz CT molecular complexity index is 4380. The van der Waals surface area contributed by atoms with Crippen molar-refractivity contribution in [3.63, 3.8) is 0 Å². The smallest absolute Gasteiger partial charge is 0.277 e. The highest BCUT2D eigenvalue weighted by Gasteiger charge is 2.55. The molecule has 6 aromatic rings. The molecule has 2 aliphatic heterocycles. The van der Waals surface area contributed by atoms with Crippen LogP contribution in [-0.2, 0) is 43.2 Å². The number of aliphatic hydroxyl groups is 2. The lowest BCUT2D eigenvalue weighted by molar-refractivity contribution is -0.145. The van der Waals surface area contributed by atoms with E-state index >= 15 is 0 Å². The molecule has 12 N–H and O–H groups in total. The molecule has 0 radical (unpaired) electrons. The summed E-state index contributed by atoms with van der Waals surface area (Å²) in [4.78, 5) is 139. The highest BCUT2D eigenvalue weighted by atomic mass is 127. The van der Waals surface area contributed by atoms with Gasteiger partial charge in [0.15, 0.2) is 23.0 Å². The van der Waals surface area contributed by atoms with E-state index < -0.39 is 135 Å². The zero-order valence-electron chi connectivity index (χ0n) is 65.3. The third-order valence-corrected chi connectivity index (χ3v) is 23.0. The van der Waals surface area contributed by atoms with Crippen molar-refractivity contribution in [2.24, 2.45) is 16.6 Å². The number of thiazole rings is 2. The predicted molar refractivity (Wildman–Crippen MR) is 431 cm³/mol. The molecule has 2 saturated carbocycles. The molecule has 33 heteroatoms. The van der Waals surface area contributed by atoms with Gasteiger partial charge in [0.05, 0.1) is 92.8 Å². The lowest BCUT2D eigenvalue weighted by atomic mass is 9.85. The second-order valence-electron chi connectivity index (χ2n) is 31.7. The number of aromatic nitrogens is 2. The third kappa shape index (κ3) is 24.3. The van der Waals surface area contributed by atoms with Crippen LogP contribution in [0, 0.1) is 45.7 Å². The highest BCUT2D eigenvalue weighted by Crippen LogP contribution is 2.42. The van der Waals surface area contributed by atoms with E-state index in [0.717, 1.165) is 82.9 Å². The minimum absolute atomic E-state index is 0.0168. The van der Waals surface area contributed by atoms with E-state index in [1.807, 2.05) is 85.0 Å². The van der Waals surface area contributed by atoms with Gasteiger partial charge in [-0.15, -0.1) is 22.7 Å². The fraction of sp³-hybridized carbons (Fsp3) is 0.519. The van der Waals surface area contributed by atoms with Gasteiger partial charge in [-0.2, -0.15) is 0 Å². The van der Waals surface area contributed by atoms with Crippen molar-refractivity contribution in [2.75, 3.05) is 44.6 Å². The summed E-state index contributed by atoms with van der Waals surface area (Å²) in [6.07, 6.45) is 4.11. The molecular weight excluding hydrogens is 1630 g/mol. The maximum absolute atomic E-state index is 14.7. The Hall–Kier alpha value is -8.61. The fourth-order valence-corrected chi connectivity index (χ4v) is 15.4. The quantitative estimate of drug-likeness (QED) is 0.00762. The minimum Gasteiger partial charge on any atom is -0.391 e. The molecule has 8 atom stereocenters. The number of carbonyl (C=O) groups is 9. The van der Waals surface area contributed by atoms with E-state index in [4.69, 9.17) is 10.6 Å². The van der Waals surface area contributed by atoms with Crippen LogP contribution in [0.25, 0.3) is 20.9 Å². The SMILES string of the molecule is Cc1ncsc1-c1ccc([C@H](CC(=O)NCCCCCCCCONC(=O)c2ccc(F)c(F)c2Nc2ccc(I)cc2F)NC(=O)[C@@H]2C[C@@H](O)CN2C(=O)C(NC(=O)C2(F)CC2)C(C)(C)C)cc1.Cc1ncsc1-c1ccc([C@H](CC(=O)NCCCCN)NC(=O)[C@@H]2C[C@@H](O)CN2C(=O)C(NC(=O)C2(F)CC2)C(C)(C)C)cc1. The Morgan fingerprint density at radius 1 is 0.596 bits per heavy atom. The molecule has 4 aliphatic rings. The summed E-state index contributed by atoms with van der Waals surface area (Å²) in [5.74, 6) is -8.70. The molecule has 2 aromatic heterocycles. The molecule has 9 amide bonds. The average Bonchev–Trinajstić information content (AvgIpc) is 1.75. The van der Waals surface area contributed by atoms with Gasteiger partial charge in [-0.3, -0.25) is 48.0 Å². The Labute approximate surface area is 681 Å². The van der Waals surface area contributed by atoms with Gasteiger partial charge < -0.3 is 63.0 Å². The van der Waals surface area contributed by atoms with Crippen LogP contribution in [0.3, 0.4) is 0 Å². The van der Waals surface area contributed by atoms with Gasteiger partial charge in [0.1, 0.15) is 30.0 Å². The molecule has 4 heterocycles. The number of nitrogens with zero attached hydrogens (tertiary/aromatic N) is 4. The molecule has 25 nitrogen and oxygen atoms in total. The number of aryl methyl sites for hydroxylation is 2. The lowest BCUT2D eigenvalue weighted by Crippen LogP contribution is -2.59. The molecule has 2 unspecified atom stereocenters. The standard InChI is InChI=1S/C49H58F4IN7O7S.C32H45FN6O5S/c1-28-42(69-27-56-28)30-13-11-29(12-14-30)37(58-45(65)38-24-32(62)26-61(38)46(66)43(48(2,3)4)59-47(67)49(53)19-20-49)25-39(63)55-21-9-7-5-6-8-10-22-68-60-44(64)33-16-17-34(50)40(52)41(33)57-36-18-15-31(54)23-35(36)51;1-19-26(45-18-36-19)21-9-7-20(8-10-21)23(16-25(41)35-14-6-5-13-34)37-28(42)24-15-22(40)17-39(24)29(43)27(31(2,3)4)38-30(44)32(33)11-12-32/h11-18,23,27,32,37-38,43,57,62H,5-10,19-22,24-26H2,1-4H3,(H,55,63)(H,58,65)(H,59,67)(H,60,64);7-10,18,22-24,27,40H,5-6,11-17,34H2,1-4H3,(H,35,41)(H,37,42)(H,38,44)/t32-,37+,38+,43?;22-,23+,24+,27?/m11/s1. The maximum atomic E-state index is 14.7. The van der Waals surface area contributed by atoms with E-state index in [1.165, 1.54) is 44.6 Å². The Balaban J connectivity index is 0.000000285. The van der Waals surface area contributed by atoms with E-state index in [-0.39, 0.29) is 94.1 Å². The third-order valence-electron chi connectivity index (χ3n) is 20.4. The highest BCUT2D eigenvalue weighted by molar-refractivity contribution is 14.1. The summed E-state index contributed by atoms with van der Waals surface area (Å²) < 4.78 is 73.1. The molecule has 10 rings (SSSR count). The Morgan fingerprint density at radius 3 is 1.45 bits per heavy atom. The Kier molecular flexibility index (Phi) is 31.2. The number of nitrogens with two attached hydrogens (primary N) is 1. The topological polar surface area (TPSA) is 358 Å². The van der Waals surface area contributed by atoms with E-state index in [2.05, 4.69) is 52.7 Å². The second-order valence-corrected chi connectivity index (χ2v) is 34.7. The fourth-order valence-electron chi connectivity index (χ4n) is 13.4. The number of amides is 9. The normalized spacial score (nSPS) is 18.4. The van der Waals surface area contributed by atoms with Crippen LogP contribution in [0.5, 0.6) is 0 Å². The van der Waals surface area contributed by atoms with Crippen LogP contribution < -0.4 is 48.4 Å². The van der Waals surface area contributed by atoms with Crippen LogP contribution in [0.4, 0.5) is 33.3 Å². The van der Waals surface area contributed by atoms with Gasteiger partial charge in [-0.1, -0.05) is 116 Å². The van der Waals surface area contributed by atoms with Crippen LogP contribution in [0.15, 0.2) is 89.9 Å². The number of hydrogen-bond donors (Lipinski definition) is 11. The number of alkyl halides is 2. The second kappa shape index (κ2) is 39.8. The molecule has 0 bridgehead atoms. The van der Waals surface area contributed by atoms with Gasteiger partial charge in [0.25, 0.3) is 17.7 Å². The van der Waals surface area contributed by atoms with E-state index in [0.29, 0.717) is 47.2 Å². The number of carbonyl (C=O) groups excluding carboxylic acids is 9. The summed E-state index contributed by atoms with van der Waals surface area (Å²) in [6, 6.07) is 15.0. The number of hydrogen-bond acceptors (Lipinski definition) is 18. The zero-order chi connectivity index (χ0) is 83.0. The Morgan fingerprint density at radius 2 is 1.04 bits per heavy atom. The summed E-state index contributed by atoms with van der Waals surface area (Å²) in [5.41, 5.74) is 9.72. The minimum atomic E-state index is -2.02. The van der Waals surface area contributed by atoms with Gasteiger partial charge >= 0.3 is 0 Å². The average molecular weight is 1740 g/mol. The number of unbranched alkanes of at least 4 members (excludes halogenated alkanes) is 6. The molecule has 114 heavy (non-hydrogen) atoms. The van der Waals surface area contributed by atoms with Gasteiger partial charge in [0.2, 0.25) is 35.4 Å². The number of anilines is 2. The molecule has 4 aromatic carbocycles. The van der Waals surface area contributed by atoms with Gasteiger partial charge in [0, 0.05) is 42.6 Å². The maximum Gasteiger partial charge on any atom is 0.277 e. The largest absolute Gasteiger partial charge is 0.391 e. The first kappa shape index (κ1) is 89.3. The zero-order valence-corrected chi connectivity index (χ0v) is 69.1. The van der Waals surface area contributed by atoms with Crippen molar-refractivity contribution in [3.8, 4) is 20.9 Å². The number of benzene rings is 4. The van der Waals surface area contributed by atoms with Crippen LogP contribution in [0.1, 0.15) is 189 Å². The predicted octanol–water partition coefficient (Wildman–Crippen LogP) is 10.8. The number of likely N-dealkylation sites (tertiary alicyclic amines) is 2. The summed E-state index contributed by atoms with van der Waals surface area (Å²) in [5, 5.41) is 40.6. The van der Waals surface area contributed by atoms with Crippen molar-refractivity contribution >= 4 is 110 Å². The van der Waals surface area contributed by atoms with Crippen LogP contribution in [0.2, 0.25) is 0 Å². The summed E-state index contributed by atoms with van der Waals surface area (Å²) >= 11 is 4.92. The first-order chi connectivity index (χ1) is 54.0. The number of hydroxylamine groups is 1. The first-order valence-electron chi connectivity index (χ1n) is 38.4.